The lowest BCUT2D eigenvalue weighted by atomic mass is 10.0. The van der Waals surface area contributed by atoms with Crippen LogP contribution in [0.2, 0.25) is 0 Å². The third kappa shape index (κ3) is 2.83. The molecule has 5 heteroatoms. The molecule has 2 N–H and O–H groups in total. The number of likely N-dealkylation sites (N-methyl/N-ethyl adjacent to an activating group) is 1. The van der Waals surface area contributed by atoms with Crippen molar-refractivity contribution in [1.29, 1.82) is 0 Å². The standard InChI is InChI=1S/C16H20N2O3/c1-9-5-6-13(11(3)10(9)2)17-15(20)12-7-8-18(4)16(21)14(12)19/h5-7,14,19H,8H2,1-4H3,(H,17,20). The van der Waals surface area contributed by atoms with Crippen molar-refractivity contribution in [3.8, 4) is 0 Å². The molecule has 112 valence electrons. The van der Waals surface area contributed by atoms with Crippen LogP contribution in [0, 0.1) is 20.8 Å². The number of amides is 2. The first-order valence-electron chi connectivity index (χ1n) is 6.84. The monoisotopic (exact) mass is 288 g/mol. The van der Waals surface area contributed by atoms with Crippen LogP contribution in [0.15, 0.2) is 23.8 Å². The third-order valence-corrected chi connectivity index (χ3v) is 4.06. The van der Waals surface area contributed by atoms with Crippen LogP contribution in [0.25, 0.3) is 0 Å². The van der Waals surface area contributed by atoms with Crippen LogP contribution in [0.5, 0.6) is 0 Å². The van der Waals surface area contributed by atoms with Gasteiger partial charge in [0.1, 0.15) is 0 Å². The van der Waals surface area contributed by atoms with Gasteiger partial charge in [-0.2, -0.15) is 0 Å². The smallest absolute Gasteiger partial charge is 0.256 e. The molecule has 0 fully saturated rings. The maximum absolute atomic E-state index is 12.3. The zero-order valence-corrected chi connectivity index (χ0v) is 12.7. The number of rotatable bonds is 2. The molecule has 21 heavy (non-hydrogen) atoms. The van der Waals surface area contributed by atoms with E-state index >= 15 is 0 Å². The molecular weight excluding hydrogens is 268 g/mol. The molecule has 1 aliphatic rings. The zero-order valence-electron chi connectivity index (χ0n) is 12.7. The number of aliphatic hydroxyl groups excluding tert-OH is 1. The van der Waals surface area contributed by atoms with Crippen molar-refractivity contribution in [1.82, 2.24) is 4.90 Å². The van der Waals surface area contributed by atoms with Gasteiger partial charge in [0.25, 0.3) is 11.8 Å². The second-order valence-corrected chi connectivity index (χ2v) is 5.41. The van der Waals surface area contributed by atoms with Crippen molar-refractivity contribution in [2.45, 2.75) is 26.9 Å². The molecule has 0 spiro atoms. The van der Waals surface area contributed by atoms with E-state index in [2.05, 4.69) is 5.32 Å². The Labute approximate surface area is 124 Å². The number of aryl methyl sites for hydroxylation is 1. The van der Waals surface area contributed by atoms with E-state index in [4.69, 9.17) is 0 Å². The van der Waals surface area contributed by atoms with E-state index in [-0.39, 0.29) is 5.57 Å². The summed E-state index contributed by atoms with van der Waals surface area (Å²) in [6.45, 7) is 6.26. The van der Waals surface area contributed by atoms with Gasteiger partial charge in [0.15, 0.2) is 6.10 Å². The number of anilines is 1. The Morgan fingerprint density at radius 2 is 1.95 bits per heavy atom. The van der Waals surface area contributed by atoms with Crippen molar-refractivity contribution in [2.24, 2.45) is 0 Å². The first-order valence-corrected chi connectivity index (χ1v) is 6.84. The maximum Gasteiger partial charge on any atom is 0.256 e. The first-order chi connectivity index (χ1) is 9.82. The van der Waals surface area contributed by atoms with E-state index in [1.54, 1.807) is 13.1 Å². The highest BCUT2D eigenvalue weighted by Crippen LogP contribution is 2.23. The number of aliphatic hydroxyl groups is 1. The highest BCUT2D eigenvalue weighted by atomic mass is 16.3. The van der Waals surface area contributed by atoms with Crippen molar-refractivity contribution >= 4 is 17.5 Å². The predicted octanol–water partition coefficient (Wildman–Crippen LogP) is 1.31. The molecule has 0 aromatic heterocycles. The Morgan fingerprint density at radius 1 is 1.29 bits per heavy atom. The van der Waals surface area contributed by atoms with Gasteiger partial charge in [0.05, 0.1) is 5.57 Å². The summed E-state index contributed by atoms with van der Waals surface area (Å²) in [7, 11) is 1.59. The molecule has 1 atom stereocenters. The van der Waals surface area contributed by atoms with E-state index in [1.807, 2.05) is 32.9 Å². The number of hydrogen-bond acceptors (Lipinski definition) is 3. The molecule has 1 heterocycles. The Kier molecular flexibility index (Phi) is 4.14. The molecule has 1 aromatic rings. The lowest BCUT2D eigenvalue weighted by Gasteiger charge is -2.26. The van der Waals surface area contributed by atoms with Crippen LogP contribution in [0.1, 0.15) is 16.7 Å². The van der Waals surface area contributed by atoms with E-state index in [1.165, 1.54) is 4.90 Å². The fourth-order valence-corrected chi connectivity index (χ4v) is 2.28. The molecular formula is C16H20N2O3. The minimum atomic E-state index is -1.39. The van der Waals surface area contributed by atoms with Crippen molar-refractivity contribution in [3.05, 3.63) is 40.5 Å². The summed E-state index contributed by atoms with van der Waals surface area (Å²) in [4.78, 5) is 25.4. The number of carbonyl (C=O) groups excluding carboxylic acids is 2. The van der Waals surface area contributed by atoms with E-state index in [0.717, 1.165) is 16.7 Å². The summed E-state index contributed by atoms with van der Waals surface area (Å²) in [5, 5.41) is 12.7. The Hall–Kier alpha value is -2.14. The fraction of sp³-hybridized carbons (Fsp3) is 0.375. The molecule has 0 aliphatic carbocycles. The summed E-state index contributed by atoms with van der Waals surface area (Å²) in [5.41, 5.74) is 4.05. The first kappa shape index (κ1) is 15.3. The molecule has 5 nitrogen and oxygen atoms in total. The lowest BCUT2D eigenvalue weighted by molar-refractivity contribution is -0.138. The van der Waals surface area contributed by atoms with Crippen molar-refractivity contribution in [3.63, 3.8) is 0 Å². The van der Waals surface area contributed by atoms with E-state index < -0.39 is 17.9 Å². The van der Waals surface area contributed by atoms with Gasteiger partial charge in [-0.15, -0.1) is 0 Å². The van der Waals surface area contributed by atoms with Crippen LogP contribution in [0.3, 0.4) is 0 Å². The predicted molar refractivity (Wildman–Crippen MR) is 81.0 cm³/mol. The van der Waals surface area contributed by atoms with Crippen LogP contribution >= 0.6 is 0 Å². The summed E-state index contributed by atoms with van der Waals surface area (Å²) in [6, 6.07) is 3.77. The molecule has 1 aromatic carbocycles. The Morgan fingerprint density at radius 3 is 2.62 bits per heavy atom. The molecule has 0 saturated heterocycles. The number of nitrogens with zero attached hydrogens (tertiary/aromatic N) is 1. The average Bonchev–Trinajstić information content (AvgIpc) is 2.45. The largest absolute Gasteiger partial charge is 0.378 e. The minimum absolute atomic E-state index is 0.107. The highest BCUT2D eigenvalue weighted by molar-refractivity contribution is 6.09. The summed E-state index contributed by atoms with van der Waals surface area (Å²) in [6.07, 6.45) is 0.188. The maximum atomic E-state index is 12.3. The van der Waals surface area contributed by atoms with Crippen molar-refractivity contribution in [2.75, 3.05) is 18.9 Å². The third-order valence-electron chi connectivity index (χ3n) is 4.06. The fourth-order valence-electron chi connectivity index (χ4n) is 2.28. The van der Waals surface area contributed by atoms with Gasteiger partial charge in [-0.1, -0.05) is 12.1 Å². The zero-order chi connectivity index (χ0) is 15.7. The van der Waals surface area contributed by atoms with Gasteiger partial charge in [-0.05, 0) is 43.5 Å². The van der Waals surface area contributed by atoms with Gasteiger partial charge in [0, 0.05) is 19.3 Å². The van der Waals surface area contributed by atoms with Gasteiger partial charge in [-0.25, -0.2) is 0 Å². The highest BCUT2D eigenvalue weighted by Gasteiger charge is 2.31. The molecule has 2 amide bonds. The van der Waals surface area contributed by atoms with Gasteiger partial charge < -0.3 is 15.3 Å². The average molecular weight is 288 g/mol. The van der Waals surface area contributed by atoms with Crippen LogP contribution < -0.4 is 5.32 Å². The molecule has 0 saturated carbocycles. The van der Waals surface area contributed by atoms with Crippen LogP contribution in [0.4, 0.5) is 5.69 Å². The second kappa shape index (κ2) is 5.69. The molecule has 0 bridgehead atoms. The summed E-state index contributed by atoms with van der Waals surface area (Å²) in [5.74, 6) is -0.894. The lowest BCUT2D eigenvalue weighted by Crippen LogP contribution is -2.44. The van der Waals surface area contributed by atoms with Crippen molar-refractivity contribution < 1.29 is 14.7 Å². The molecule has 1 aliphatic heterocycles. The minimum Gasteiger partial charge on any atom is -0.378 e. The normalized spacial score (nSPS) is 18.5. The van der Waals surface area contributed by atoms with Gasteiger partial charge >= 0.3 is 0 Å². The van der Waals surface area contributed by atoms with Gasteiger partial charge in [-0.3, -0.25) is 9.59 Å². The topological polar surface area (TPSA) is 69.6 Å². The summed E-state index contributed by atoms with van der Waals surface area (Å²) >= 11 is 0. The second-order valence-electron chi connectivity index (χ2n) is 5.41. The Balaban J connectivity index is 2.23. The van der Waals surface area contributed by atoms with E-state index in [9.17, 15) is 14.7 Å². The number of carbonyl (C=O) groups is 2. The molecule has 1 unspecified atom stereocenters. The Bertz CT molecular complexity index is 635. The van der Waals surface area contributed by atoms with E-state index in [0.29, 0.717) is 12.2 Å². The number of nitrogens with one attached hydrogen (secondary N) is 1. The molecule has 0 radical (unpaired) electrons. The quantitative estimate of drug-likeness (QED) is 0.862. The number of hydrogen-bond donors (Lipinski definition) is 2. The number of benzene rings is 1. The van der Waals surface area contributed by atoms with Crippen LogP contribution in [-0.2, 0) is 9.59 Å². The SMILES string of the molecule is Cc1ccc(NC(=O)C2=CCN(C)C(=O)C2O)c(C)c1C. The summed E-state index contributed by atoms with van der Waals surface area (Å²) < 4.78 is 0. The van der Waals surface area contributed by atoms with Gasteiger partial charge in [0.2, 0.25) is 0 Å². The van der Waals surface area contributed by atoms with Crippen LogP contribution in [-0.4, -0.2) is 41.5 Å². The molecule has 2 rings (SSSR count).